The molecule has 3 aromatic rings. The molecule has 0 aliphatic carbocycles. The largest absolute Gasteiger partial charge is 0.492 e. The highest BCUT2D eigenvalue weighted by Gasteiger charge is 2.24. The first kappa shape index (κ1) is 21.4. The SMILES string of the molecule is CCOc1ccccc1N1CCN(C(=O)Cn2c(C)cc(-c3csc(C)n3)c2C)CC1. The number of carbonyl (C=O) groups is 1. The number of nitrogens with zero attached hydrogens (tertiary/aromatic N) is 4. The summed E-state index contributed by atoms with van der Waals surface area (Å²) in [5, 5.41) is 3.14. The Balaban J connectivity index is 1.42. The molecule has 3 heterocycles. The first-order valence-corrected chi connectivity index (χ1v) is 11.7. The molecule has 0 saturated carbocycles. The van der Waals surface area contributed by atoms with Gasteiger partial charge in [0.15, 0.2) is 0 Å². The monoisotopic (exact) mass is 438 g/mol. The van der Waals surface area contributed by atoms with Gasteiger partial charge in [0.2, 0.25) is 5.91 Å². The molecular weight excluding hydrogens is 408 g/mol. The summed E-state index contributed by atoms with van der Waals surface area (Å²) >= 11 is 1.65. The maximum atomic E-state index is 13.1. The Morgan fingerprint density at radius 2 is 1.87 bits per heavy atom. The standard InChI is InChI=1S/C24H30N4O2S/c1-5-30-23-9-7-6-8-22(23)26-10-12-27(13-11-26)24(29)15-28-17(2)14-20(18(28)3)21-16-31-19(4)25-21/h6-9,14,16H,5,10-13,15H2,1-4H3. The molecular formula is C24H30N4O2S. The third kappa shape index (κ3) is 4.46. The van der Waals surface area contributed by atoms with Crippen LogP contribution in [0.4, 0.5) is 5.69 Å². The van der Waals surface area contributed by atoms with E-state index in [1.54, 1.807) is 11.3 Å². The van der Waals surface area contributed by atoms with Gasteiger partial charge in [0.05, 0.1) is 23.0 Å². The molecule has 164 valence electrons. The quantitative estimate of drug-likeness (QED) is 0.576. The molecule has 7 heteroatoms. The third-order valence-corrected chi connectivity index (χ3v) is 6.67. The highest BCUT2D eigenvalue weighted by Crippen LogP contribution is 2.30. The van der Waals surface area contributed by atoms with E-state index < -0.39 is 0 Å². The first-order chi connectivity index (χ1) is 15.0. The van der Waals surface area contributed by atoms with Gasteiger partial charge in [-0.15, -0.1) is 11.3 Å². The van der Waals surface area contributed by atoms with Crippen molar-refractivity contribution in [2.24, 2.45) is 0 Å². The maximum Gasteiger partial charge on any atom is 0.242 e. The number of hydrogen-bond donors (Lipinski definition) is 0. The highest BCUT2D eigenvalue weighted by atomic mass is 32.1. The van der Waals surface area contributed by atoms with E-state index in [9.17, 15) is 4.79 Å². The molecule has 0 radical (unpaired) electrons. The summed E-state index contributed by atoms with van der Waals surface area (Å²) in [4.78, 5) is 22.0. The van der Waals surface area contributed by atoms with Crippen LogP contribution in [0.15, 0.2) is 35.7 Å². The third-order valence-electron chi connectivity index (χ3n) is 5.90. The van der Waals surface area contributed by atoms with E-state index in [-0.39, 0.29) is 5.91 Å². The number of carbonyl (C=O) groups excluding carboxylic acids is 1. The van der Waals surface area contributed by atoms with Crippen LogP contribution >= 0.6 is 11.3 Å². The van der Waals surface area contributed by atoms with Crippen LogP contribution in [0.3, 0.4) is 0 Å². The lowest BCUT2D eigenvalue weighted by atomic mass is 10.2. The number of ether oxygens (including phenoxy) is 1. The number of benzene rings is 1. The lowest BCUT2D eigenvalue weighted by Gasteiger charge is -2.37. The van der Waals surface area contributed by atoms with Gasteiger partial charge >= 0.3 is 0 Å². The van der Waals surface area contributed by atoms with Crippen molar-refractivity contribution in [3.63, 3.8) is 0 Å². The Bertz CT molecular complexity index is 1060. The molecule has 1 saturated heterocycles. The molecule has 31 heavy (non-hydrogen) atoms. The smallest absolute Gasteiger partial charge is 0.242 e. The number of anilines is 1. The van der Waals surface area contributed by atoms with E-state index in [2.05, 4.69) is 45.8 Å². The van der Waals surface area contributed by atoms with Crippen molar-refractivity contribution in [3.8, 4) is 17.0 Å². The van der Waals surface area contributed by atoms with Crippen molar-refractivity contribution in [3.05, 3.63) is 52.1 Å². The molecule has 0 atom stereocenters. The van der Waals surface area contributed by atoms with Crippen molar-refractivity contribution in [2.45, 2.75) is 34.2 Å². The number of para-hydroxylation sites is 2. The Kier molecular flexibility index (Phi) is 6.32. The van der Waals surface area contributed by atoms with E-state index in [4.69, 9.17) is 4.74 Å². The van der Waals surface area contributed by atoms with Crippen molar-refractivity contribution in [1.82, 2.24) is 14.5 Å². The Hall–Kier alpha value is -2.80. The zero-order valence-electron chi connectivity index (χ0n) is 18.7. The Morgan fingerprint density at radius 3 is 2.55 bits per heavy atom. The molecule has 0 spiro atoms. The van der Waals surface area contributed by atoms with E-state index in [0.29, 0.717) is 13.2 Å². The summed E-state index contributed by atoms with van der Waals surface area (Å²) in [5.74, 6) is 1.08. The van der Waals surface area contributed by atoms with E-state index in [0.717, 1.165) is 65.3 Å². The van der Waals surface area contributed by atoms with Crippen LogP contribution in [0, 0.1) is 20.8 Å². The summed E-state index contributed by atoms with van der Waals surface area (Å²) in [6, 6.07) is 10.3. The van der Waals surface area contributed by atoms with Crippen LogP contribution in [-0.2, 0) is 11.3 Å². The molecule has 0 N–H and O–H groups in total. The van der Waals surface area contributed by atoms with Crippen LogP contribution in [-0.4, -0.2) is 53.1 Å². The molecule has 1 fully saturated rings. The van der Waals surface area contributed by atoms with Crippen LogP contribution < -0.4 is 9.64 Å². The fourth-order valence-electron chi connectivity index (χ4n) is 4.22. The second-order valence-corrected chi connectivity index (χ2v) is 8.95. The van der Waals surface area contributed by atoms with E-state index in [1.807, 2.05) is 36.9 Å². The Labute approximate surface area is 188 Å². The minimum absolute atomic E-state index is 0.167. The van der Waals surface area contributed by atoms with Gasteiger partial charge in [-0.2, -0.15) is 0 Å². The summed E-state index contributed by atoms with van der Waals surface area (Å²) in [6.07, 6.45) is 0. The Morgan fingerprint density at radius 1 is 1.13 bits per heavy atom. The summed E-state index contributed by atoms with van der Waals surface area (Å²) in [7, 11) is 0. The zero-order chi connectivity index (χ0) is 22.0. The van der Waals surface area contributed by atoms with Crippen molar-refractivity contribution < 1.29 is 9.53 Å². The van der Waals surface area contributed by atoms with Gasteiger partial charge in [-0.05, 0) is 45.9 Å². The number of rotatable bonds is 6. The molecule has 6 nitrogen and oxygen atoms in total. The number of thiazole rings is 1. The maximum absolute atomic E-state index is 13.1. The second-order valence-electron chi connectivity index (χ2n) is 7.89. The molecule has 4 rings (SSSR count). The van der Waals surface area contributed by atoms with E-state index in [1.165, 1.54) is 0 Å². The van der Waals surface area contributed by atoms with Crippen LogP contribution in [0.1, 0.15) is 23.3 Å². The van der Waals surface area contributed by atoms with Gasteiger partial charge in [-0.1, -0.05) is 12.1 Å². The molecule has 1 aromatic carbocycles. The molecule has 1 aliphatic heterocycles. The summed E-state index contributed by atoms with van der Waals surface area (Å²) < 4.78 is 7.89. The second kappa shape index (κ2) is 9.14. The number of aryl methyl sites for hydroxylation is 2. The topological polar surface area (TPSA) is 50.6 Å². The normalized spacial score (nSPS) is 14.2. The van der Waals surface area contributed by atoms with Gasteiger partial charge in [-0.3, -0.25) is 4.79 Å². The van der Waals surface area contributed by atoms with Gasteiger partial charge in [0.25, 0.3) is 0 Å². The molecule has 1 aliphatic rings. The number of hydrogen-bond acceptors (Lipinski definition) is 5. The van der Waals surface area contributed by atoms with Gasteiger partial charge in [-0.25, -0.2) is 4.98 Å². The van der Waals surface area contributed by atoms with Crippen LogP contribution in [0.2, 0.25) is 0 Å². The van der Waals surface area contributed by atoms with Crippen molar-refractivity contribution in [1.29, 1.82) is 0 Å². The number of piperazine rings is 1. The zero-order valence-corrected chi connectivity index (χ0v) is 19.5. The first-order valence-electron chi connectivity index (χ1n) is 10.8. The summed E-state index contributed by atoms with van der Waals surface area (Å²) in [6.45, 7) is 12.2. The minimum atomic E-state index is 0.167. The van der Waals surface area contributed by atoms with Crippen LogP contribution in [0.25, 0.3) is 11.3 Å². The number of amides is 1. The molecule has 0 unspecified atom stereocenters. The lowest BCUT2D eigenvalue weighted by molar-refractivity contribution is -0.132. The molecule has 2 aromatic heterocycles. The predicted molar refractivity (Wildman–Crippen MR) is 126 cm³/mol. The summed E-state index contributed by atoms with van der Waals surface area (Å²) in [5.41, 5.74) is 5.41. The molecule has 0 bridgehead atoms. The van der Waals surface area contributed by atoms with Crippen molar-refractivity contribution >= 4 is 22.9 Å². The van der Waals surface area contributed by atoms with E-state index >= 15 is 0 Å². The average Bonchev–Trinajstić information content (AvgIpc) is 3.32. The van der Waals surface area contributed by atoms with Gasteiger partial charge < -0.3 is 19.1 Å². The van der Waals surface area contributed by atoms with Crippen LogP contribution in [0.5, 0.6) is 5.75 Å². The lowest BCUT2D eigenvalue weighted by Crippen LogP contribution is -2.49. The fourth-order valence-corrected chi connectivity index (χ4v) is 4.83. The molecule has 1 amide bonds. The van der Waals surface area contributed by atoms with Gasteiger partial charge in [0, 0.05) is 48.5 Å². The fraction of sp³-hybridized carbons (Fsp3) is 0.417. The average molecular weight is 439 g/mol. The highest BCUT2D eigenvalue weighted by molar-refractivity contribution is 7.09. The predicted octanol–water partition coefficient (Wildman–Crippen LogP) is 4.28. The number of aromatic nitrogens is 2. The van der Waals surface area contributed by atoms with Crippen molar-refractivity contribution in [2.75, 3.05) is 37.7 Å². The van der Waals surface area contributed by atoms with Gasteiger partial charge in [0.1, 0.15) is 12.3 Å². The minimum Gasteiger partial charge on any atom is -0.492 e.